The summed E-state index contributed by atoms with van der Waals surface area (Å²) in [6.45, 7) is 6.55. The van der Waals surface area contributed by atoms with E-state index >= 15 is 0 Å². The van der Waals surface area contributed by atoms with Gasteiger partial charge in [-0.15, -0.1) is 0 Å². The molecule has 0 aliphatic carbocycles. The van der Waals surface area contributed by atoms with Gasteiger partial charge in [-0.2, -0.15) is 0 Å². The van der Waals surface area contributed by atoms with E-state index in [2.05, 4.69) is 69.4 Å². The molecule has 0 radical (unpaired) electrons. The summed E-state index contributed by atoms with van der Waals surface area (Å²) < 4.78 is 16.7. The molecule has 0 saturated carbocycles. The fraction of sp³-hybridized carbons (Fsp3) is 0.788. The van der Waals surface area contributed by atoms with Gasteiger partial charge in [0.1, 0.15) is 13.2 Å². The molecule has 0 spiro atoms. The topological polar surface area (TPSA) is 78.9 Å². The van der Waals surface area contributed by atoms with Crippen molar-refractivity contribution in [3.63, 3.8) is 0 Å². The van der Waals surface area contributed by atoms with Gasteiger partial charge in [0, 0.05) is 19.3 Å². The van der Waals surface area contributed by atoms with Crippen LogP contribution < -0.4 is 0 Å². The summed E-state index contributed by atoms with van der Waals surface area (Å²) in [5.74, 6) is -0.943. The Hall–Kier alpha value is -2.63. The molecule has 58 heavy (non-hydrogen) atoms. The Labute approximate surface area is 358 Å². The minimum absolute atomic E-state index is 0.0871. The standard InChI is InChI=1S/C52H92O6/c1-4-7-10-13-16-19-21-23-25-26-27-29-30-33-36-39-42-45-51(54)57-48-49(47-56-50(53)44-41-38-35-32-18-15-12-9-6-3)58-52(55)46-43-40-37-34-31-28-24-22-20-17-14-11-8-5-2/h16,19,23,25,27,29,33,36,49H,4-15,17-18,20-22,24,26,28,30-32,34-35,37-48H2,1-3H3/b19-16-,25-23-,29-27-,36-33-/t49-/m1/s1. The van der Waals surface area contributed by atoms with Crippen molar-refractivity contribution < 1.29 is 28.6 Å². The molecule has 0 amide bonds. The highest BCUT2D eigenvalue weighted by Crippen LogP contribution is 2.15. The Bertz CT molecular complexity index is 1030. The second-order valence-electron chi connectivity index (χ2n) is 16.4. The van der Waals surface area contributed by atoms with Crippen molar-refractivity contribution in [2.75, 3.05) is 13.2 Å². The summed E-state index contributed by atoms with van der Waals surface area (Å²) in [7, 11) is 0. The fourth-order valence-electron chi connectivity index (χ4n) is 6.85. The van der Waals surface area contributed by atoms with Gasteiger partial charge >= 0.3 is 17.9 Å². The molecule has 0 aromatic carbocycles. The molecule has 0 heterocycles. The highest BCUT2D eigenvalue weighted by molar-refractivity contribution is 5.71. The van der Waals surface area contributed by atoms with Crippen LogP contribution in [-0.4, -0.2) is 37.2 Å². The predicted octanol–water partition coefficient (Wildman–Crippen LogP) is 15.9. The van der Waals surface area contributed by atoms with Crippen molar-refractivity contribution in [2.45, 2.75) is 252 Å². The van der Waals surface area contributed by atoms with E-state index in [0.29, 0.717) is 19.3 Å². The van der Waals surface area contributed by atoms with Gasteiger partial charge in [-0.05, 0) is 57.8 Å². The van der Waals surface area contributed by atoms with E-state index in [9.17, 15) is 14.4 Å². The van der Waals surface area contributed by atoms with Crippen LogP contribution in [0.3, 0.4) is 0 Å². The number of esters is 3. The Kier molecular flexibility index (Phi) is 44.9. The number of rotatable bonds is 44. The first kappa shape index (κ1) is 55.4. The Balaban J connectivity index is 4.41. The van der Waals surface area contributed by atoms with Crippen molar-refractivity contribution in [1.29, 1.82) is 0 Å². The number of hydrogen-bond acceptors (Lipinski definition) is 6. The molecule has 336 valence electrons. The maximum absolute atomic E-state index is 12.7. The van der Waals surface area contributed by atoms with Crippen LogP contribution in [-0.2, 0) is 28.6 Å². The average Bonchev–Trinajstić information content (AvgIpc) is 3.22. The number of carbonyl (C=O) groups is 3. The molecule has 0 rings (SSSR count). The van der Waals surface area contributed by atoms with Crippen LogP contribution in [0.1, 0.15) is 245 Å². The number of carbonyl (C=O) groups excluding carboxylic acids is 3. The van der Waals surface area contributed by atoms with Gasteiger partial charge in [-0.1, -0.05) is 217 Å². The van der Waals surface area contributed by atoms with Crippen LogP contribution in [0.2, 0.25) is 0 Å². The number of ether oxygens (including phenoxy) is 3. The van der Waals surface area contributed by atoms with E-state index in [1.54, 1.807) is 0 Å². The molecule has 6 nitrogen and oxygen atoms in total. The van der Waals surface area contributed by atoms with Crippen molar-refractivity contribution in [3.05, 3.63) is 48.6 Å². The van der Waals surface area contributed by atoms with Crippen molar-refractivity contribution in [1.82, 2.24) is 0 Å². The molecule has 0 fully saturated rings. The van der Waals surface area contributed by atoms with Crippen LogP contribution in [0.15, 0.2) is 48.6 Å². The maximum Gasteiger partial charge on any atom is 0.306 e. The Morgan fingerprint density at radius 3 is 1.03 bits per heavy atom. The summed E-state index contributed by atoms with van der Waals surface area (Å²) >= 11 is 0. The number of allylic oxidation sites excluding steroid dienone is 8. The van der Waals surface area contributed by atoms with Gasteiger partial charge < -0.3 is 14.2 Å². The van der Waals surface area contributed by atoms with Gasteiger partial charge in [0.2, 0.25) is 0 Å². The van der Waals surface area contributed by atoms with Crippen molar-refractivity contribution in [2.24, 2.45) is 0 Å². The van der Waals surface area contributed by atoms with Crippen LogP contribution >= 0.6 is 0 Å². The smallest absolute Gasteiger partial charge is 0.306 e. The second-order valence-corrected chi connectivity index (χ2v) is 16.4. The molecule has 0 unspecified atom stereocenters. The molecule has 6 heteroatoms. The van der Waals surface area contributed by atoms with E-state index < -0.39 is 6.10 Å². The molecule has 0 aromatic rings. The third-order valence-electron chi connectivity index (χ3n) is 10.6. The maximum atomic E-state index is 12.7. The van der Waals surface area contributed by atoms with Gasteiger partial charge in [0.15, 0.2) is 6.10 Å². The van der Waals surface area contributed by atoms with Crippen LogP contribution in [0.25, 0.3) is 0 Å². The van der Waals surface area contributed by atoms with Crippen molar-refractivity contribution >= 4 is 17.9 Å². The normalized spacial score (nSPS) is 12.4. The van der Waals surface area contributed by atoms with E-state index in [1.807, 2.05) is 0 Å². The van der Waals surface area contributed by atoms with Crippen LogP contribution in [0.5, 0.6) is 0 Å². The first-order valence-electron chi connectivity index (χ1n) is 24.6. The SMILES string of the molecule is CCCCC/C=C\C/C=C\C/C=C\C/C=C\CCCC(=O)OC[C@@H](COC(=O)CCCCCCCCCCC)OC(=O)CCCCCCCCCCCCCCCC. The Morgan fingerprint density at radius 1 is 0.345 bits per heavy atom. The van der Waals surface area contributed by atoms with E-state index in [1.165, 1.54) is 135 Å². The lowest BCUT2D eigenvalue weighted by Gasteiger charge is -2.18. The van der Waals surface area contributed by atoms with Crippen molar-refractivity contribution in [3.8, 4) is 0 Å². The lowest BCUT2D eigenvalue weighted by molar-refractivity contribution is -0.167. The molecule has 0 aromatic heterocycles. The fourth-order valence-corrected chi connectivity index (χ4v) is 6.85. The summed E-state index contributed by atoms with van der Waals surface area (Å²) in [5.41, 5.74) is 0. The lowest BCUT2D eigenvalue weighted by atomic mass is 10.0. The Morgan fingerprint density at radius 2 is 0.638 bits per heavy atom. The second kappa shape index (κ2) is 47.1. The molecular formula is C52H92O6. The zero-order valence-electron chi connectivity index (χ0n) is 38.3. The zero-order chi connectivity index (χ0) is 42.3. The molecule has 1 atom stereocenters. The quantitative estimate of drug-likeness (QED) is 0.0264. The zero-order valence-corrected chi connectivity index (χ0v) is 38.3. The van der Waals surface area contributed by atoms with E-state index in [4.69, 9.17) is 14.2 Å². The predicted molar refractivity (Wildman–Crippen MR) is 247 cm³/mol. The molecule has 0 aliphatic rings. The molecule has 0 aliphatic heterocycles. The van der Waals surface area contributed by atoms with E-state index in [0.717, 1.165) is 64.2 Å². The van der Waals surface area contributed by atoms with Crippen LogP contribution in [0.4, 0.5) is 0 Å². The minimum atomic E-state index is -0.788. The molecule has 0 saturated heterocycles. The average molecular weight is 813 g/mol. The van der Waals surface area contributed by atoms with E-state index in [-0.39, 0.29) is 37.5 Å². The van der Waals surface area contributed by atoms with Crippen LogP contribution in [0, 0.1) is 0 Å². The van der Waals surface area contributed by atoms with Gasteiger partial charge in [-0.3, -0.25) is 14.4 Å². The van der Waals surface area contributed by atoms with Gasteiger partial charge in [-0.25, -0.2) is 0 Å². The highest BCUT2D eigenvalue weighted by Gasteiger charge is 2.19. The summed E-state index contributed by atoms with van der Waals surface area (Å²) in [6.07, 6.45) is 55.3. The lowest BCUT2D eigenvalue weighted by Crippen LogP contribution is -2.30. The highest BCUT2D eigenvalue weighted by atomic mass is 16.6. The van der Waals surface area contributed by atoms with Gasteiger partial charge in [0.05, 0.1) is 0 Å². The largest absolute Gasteiger partial charge is 0.462 e. The minimum Gasteiger partial charge on any atom is -0.462 e. The third-order valence-corrected chi connectivity index (χ3v) is 10.6. The summed E-state index contributed by atoms with van der Waals surface area (Å²) in [5, 5.41) is 0. The number of hydrogen-bond donors (Lipinski definition) is 0. The molecule has 0 bridgehead atoms. The molecular weight excluding hydrogens is 721 g/mol. The van der Waals surface area contributed by atoms with Gasteiger partial charge in [0.25, 0.3) is 0 Å². The molecule has 0 N–H and O–H groups in total. The number of unbranched alkanes of at least 4 members (excludes halogenated alkanes) is 25. The monoisotopic (exact) mass is 813 g/mol. The first-order valence-corrected chi connectivity index (χ1v) is 24.6. The third kappa shape index (κ3) is 44.5. The summed E-state index contributed by atoms with van der Waals surface area (Å²) in [4.78, 5) is 37.8. The first-order chi connectivity index (χ1) is 28.5. The summed E-state index contributed by atoms with van der Waals surface area (Å²) in [6, 6.07) is 0.